The van der Waals surface area contributed by atoms with Gasteiger partial charge < -0.3 is 9.26 Å². The minimum Gasteiger partial charge on any atom is -0.373 e. The third kappa shape index (κ3) is 4.63. The number of carbonyl (C=O) groups excluding carboxylic acids is 1. The fourth-order valence-electron chi connectivity index (χ4n) is 3.10. The third-order valence-corrected chi connectivity index (χ3v) is 4.05. The highest BCUT2D eigenvalue weighted by Crippen LogP contribution is 2.35. The lowest BCUT2D eigenvalue weighted by Crippen LogP contribution is -2.19. The zero-order valence-corrected chi connectivity index (χ0v) is 13.3. The average molecular weight is 294 g/mol. The van der Waals surface area contributed by atoms with Crippen molar-refractivity contribution in [2.24, 2.45) is 11.8 Å². The Bertz CT molecular complexity index is 450. The summed E-state index contributed by atoms with van der Waals surface area (Å²) in [5.41, 5.74) is 0. The average Bonchev–Trinajstić information content (AvgIpc) is 2.88. The van der Waals surface area contributed by atoms with Gasteiger partial charge in [0.25, 0.3) is 0 Å². The van der Waals surface area contributed by atoms with E-state index in [1.807, 2.05) is 13.8 Å². The van der Waals surface area contributed by atoms with Gasteiger partial charge in [0, 0.05) is 13.5 Å². The first-order valence-electron chi connectivity index (χ1n) is 7.97. The number of nitrogens with zero attached hydrogens (tertiary/aromatic N) is 2. The lowest BCUT2D eigenvalue weighted by Gasteiger charge is -2.26. The molecule has 0 aliphatic heterocycles. The van der Waals surface area contributed by atoms with Crippen LogP contribution in [-0.2, 0) is 16.0 Å². The molecule has 2 rings (SSSR count). The molecule has 1 aromatic rings. The molecule has 0 bridgehead atoms. The monoisotopic (exact) mass is 294 g/mol. The lowest BCUT2D eigenvalue weighted by atomic mass is 9.85. The van der Waals surface area contributed by atoms with Crippen molar-refractivity contribution in [3.8, 4) is 0 Å². The zero-order valence-electron chi connectivity index (χ0n) is 13.3. The van der Waals surface area contributed by atoms with Crippen molar-refractivity contribution in [2.45, 2.75) is 64.9 Å². The lowest BCUT2D eigenvalue weighted by molar-refractivity contribution is -0.119. The minimum absolute atomic E-state index is 0.108. The maximum absolute atomic E-state index is 11.8. The van der Waals surface area contributed by atoms with Gasteiger partial charge in [-0.1, -0.05) is 38.3 Å². The van der Waals surface area contributed by atoms with Crippen LogP contribution in [0, 0.1) is 11.8 Å². The van der Waals surface area contributed by atoms with Gasteiger partial charge in [0.2, 0.25) is 11.7 Å². The number of carbonyl (C=O) groups is 1. The molecule has 1 unspecified atom stereocenters. The molecule has 1 saturated carbocycles. The quantitative estimate of drug-likeness (QED) is 0.770. The van der Waals surface area contributed by atoms with Crippen molar-refractivity contribution < 1.29 is 14.1 Å². The molecule has 0 aromatic carbocycles. The van der Waals surface area contributed by atoms with Gasteiger partial charge in [0.05, 0.1) is 6.42 Å². The molecule has 1 aliphatic rings. The second-order valence-electron chi connectivity index (χ2n) is 6.41. The molecule has 1 atom stereocenters. The number of methoxy groups -OCH3 is 1. The van der Waals surface area contributed by atoms with E-state index in [4.69, 9.17) is 9.26 Å². The Hall–Kier alpha value is -1.23. The summed E-state index contributed by atoms with van der Waals surface area (Å²) in [7, 11) is 1.69. The molecule has 0 spiro atoms. The van der Waals surface area contributed by atoms with Gasteiger partial charge in [-0.05, 0) is 24.7 Å². The standard InChI is InChI=1S/C16H26N2O3/c1-11(2)9-13(19)10-14-17-16(18-21-14)15(20-3)12-7-5-4-6-8-12/h11-12,15H,4-10H2,1-3H3. The maximum atomic E-state index is 11.8. The Balaban J connectivity index is 1.98. The highest BCUT2D eigenvalue weighted by Gasteiger charge is 2.29. The molecule has 21 heavy (non-hydrogen) atoms. The summed E-state index contributed by atoms with van der Waals surface area (Å²) in [5, 5.41) is 4.03. The number of Topliss-reactive ketones (excluding diaryl/α,β-unsaturated/α-hetero) is 1. The SMILES string of the molecule is COC(c1noc(CC(=O)CC(C)C)n1)C1CCCCC1. The highest BCUT2D eigenvalue weighted by molar-refractivity contribution is 5.80. The topological polar surface area (TPSA) is 65.2 Å². The normalized spacial score (nSPS) is 18.1. The zero-order chi connectivity index (χ0) is 15.2. The van der Waals surface area contributed by atoms with E-state index in [1.54, 1.807) is 7.11 Å². The number of hydrogen-bond acceptors (Lipinski definition) is 5. The fraction of sp³-hybridized carbons (Fsp3) is 0.812. The van der Waals surface area contributed by atoms with Gasteiger partial charge in [-0.25, -0.2) is 0 Å². The Morgan fingerprint density at radius 2 is 2.05 bits per heavy atom. The minimum atomic E-state index is -0.108. The van der Waals surface area contributed by atoms with E-state index in [-0.39, 0.29) is 18.3 Å². The second kappa shape index (κ2) is 7.69. The Kier molecular flexibility index (Phi) is 5.91. The smallest absolute Gasteiger partial charge is 0.234 e. The summed E-state index contributed by atoms with van der Waals surface area (Å²) in [5.74, 6) is 1.96. The highest BCUT2D eigenvalue weighted by atomic mass is 16.5. The van der Waals surface area contributed by atoms with E-state index >= 15 is 0 Å². The van der Waals surface area contributed by atoms with Crippen molar-refractivity contribution in [2.75, 3.05) is 7.11 Å². The molecule has 5 heteroatoms. The van der Waals surface area contributed by atoms with Crippen molar-refractivity contribution in [3.05, 3.63) is 11.7 Å². The molecule has 1 aliphatic carbocycles. The summed E-state index contributed by atoms with van der Waals surface area (Å²) in [6, 6.07) is 0. The van der Waals surface area contributed by atoms with Gasteiger partial charge in [0.1, 0.15) is 11.9 Å². The number of hydrogen-bond donors (Lipinski definition) is 0. The summed E-state index contributed by atoms with van der Waals surface area (Å²) >= 11 is 0. The molecule has 1 aromatic heterocycles. The first-order valence-corrected chi connectivity index (χ1v) is 7.97. The Morgan fingerprint density at radius 1 is 1.33 bits per heavy atom. The van der Waals surface area contributed by atoms with Crippen LogP contribution in [0.1, 0.15) is 70.2 Å². The molecule has 5 nitrogen and oxygen atoms in total. The van der Waals surface area contributed by atoms with E-state index in [2.05, 4.69) is 10.1 Å². The van der Waals surface area contributed by atoms with Crippen LogP contribution in [-0.4, -0.2) is 23.0 Å². The predicted octanol–water partition coefficient (Wildman–Crippen LogP) is 3.50. The van der Waals surface area contributed by atoms with Crippen LogP contribution in [0.2, 0.25) is 0 Å². The maximum Gasteiger partial charge on any atom is 0.234 e. The van der Waals surface area contributed by atoms with Gasteiger partial charge in [0.15, 0.2) is 0 Å². The second-order valence-corrected chi connectivity index (χ2v) is 6.41. The third-order valence-electron chi connectivity index (χ3n) is 4.05. The molecule has 1 heterocycles. The largest absolute Gasteiger partial charge is 0.373 e. The van der Waals surface area contributed by atoms with Crippen molar-refractivity contribution in [1.29, 1.82) is 0 Å². The van der Waals surface area contributed by atoms with Crippen LogP contribution >= 0.6 is 0 Å². The van der Waals surface area contributed by atoms with Gasteiger partial charge in [-0.15, -0.1) is 0 Å². The molecular formula is C16H26N2O3. The van der Waals surface area contributed by atoms with Crippen molar-refractivity contribution in [3.63, 3.8) is 0 Å². The molecule has 0 radical (unpaired) electrons. The summed E-state index contributed by atoms with van der Waals surface area (Å²) in [6.45, 7) is 4.06. The predicted molar refractivity (Wildman–Crippen MR) is 78.8 cm³/mol. The van der Waals surface area contributed by atoms with E-state index < -0.39 is 0 Å². The Morgan fingerprint density at radius 3 is 2.67 bits per heavy atom. The molecule has 118 valence electrons. The molecule has 0 saturated heterocycles. The van der Waals surface area contributed by atoms with Crippen molar-refractivity contribution in [1.82, 2.24) is 10.1 Å². The fourth-order valence-corrected chi connectivity index (χ4v) is 3.10. The van der Waals surface area contributed by atoms with Crippen LogP contribution in [0.5, 0.6) is 0 Å². The Labute approximate surface area is 126 Å². The van der Waals surface area contributed by atoms with Crippen molar-refractivity contribution >= 4 is 5.78 Å². The molecule has 0 amide bonds. The number of aromatic nitrogens is 2. The summed E-state index contributed by atoms with van der Waals surface area (Å²) in [6.07, 6.45) is 6.74. The summed E-state index contributed by atoms with van der Waals surface area (Å²) < 4.78 is 10.8. The molecule has 0 N–H and O–H groups in total. The molecule has 1 fully saturated rings. The van der Waals surface area contributed by atoms with Crippen LogP contribution in [0.3, 0.4) is 0 Å². The van der Waals surface area contributed by atoms with Gasteiger partial charge >= 0.3 is 0 Å². The first-order chi connectivity index (χ1) is 10.1. The van der Waals surface area contributed by atoms with Crippen LogP contribution < -0.4 is 0 Å². The number of rotatable bonds is 7. The van der Waals surface area contributed by atoms with Crippen LogP contribution in [0.4, 0.5) is 0 Å². The van der Waals surface area contributed by atoms with Gasteiger partial charge in [-0.2, -0.15) is 4.98 Å². The van der Waals surface area contributed by atoms with E-state index in [9.17, 15) is 4.79 Å². The molecular weight excluding hydrogens is 268 g/mol. The van der Waals surface area contributed by atoms with Crippen LogP contribution in [0.25, 0.3) is 0 Å². The van der Waals surface area contributed by atoms with E-state index in [0.29, 0.717) is 30.0 Å². The van der Waals surface area contributed by atoms with Crippen LogP contribution in [0.15, 0.2) is 4.52 Å². The number of ketones is 1. The van der Waals surface area contributed by atoms with Gasteiger partial charge in [-0.3, -0.25) is 4.79 Å². The summed E-state index contributed by atoms with van der Waals surface area (Å²) in [4.78, 5) is 16.2. The number of ether oxygens (including phenoxy) is 1. The first kappa shape index (κ1) is 16.1. The van der Waals surface area contributed by atoms with E-state index in [1.165, 1.54) is 19.3 Å². The van der Waals surface area contributed by atoms with E-state index in [0.717, 1.165) is 12.8 Å².